The van der Waals surface area contributed by atoms with E-state index in [0.717, 1.165) is 15.8 Å². The van der Waals surface area contributed by atoms with E-state index in [0.29, 0.717) is 17.1 Å². The largest absolute Gasteiger partial charge is 0.379 e. The van der Waals surface area contributed by atoms with Crippen molar-refractivity contribution in [2.45, 2.75) is 13.5 Å². The molecule has 1 N–H and O–H groups in total. The zero-order valence-corrected chi connectivity index (χ0v) is 12.4. The molecule has 0 radical (unpaired) electrons. The first kappa shape index (κ1) is 14.4. The third-order valence-electron chi connectivity index (χ3n) is 3.11. The summed E-state index contributed by atoms with van der Waals surface area (Å²) in [5, 5.41) is 3.72. The highest BCUT2D eigenvalue weighted by Gasteiger charge is 2.07. The van der Waals surface area contributed by atoms with E-state index >= 15 is 0 Å². The van der Waals surface area contributed by atoms with Crippen molar-refractivity contribution in [1.82, 2.24) is 9.13 Å². The van der Waals surface area contributed by atoms with Crippen molar-refractivity contribution in [3.63, 3.8) is 0 Å². The Bertz CT molecular complexity index is 762. The molecule has 106 valence electrons. The lowest BCUT2D eigenvalue weighted by atomic mass is 10.2. The molecule has 1 aromatic carbocycles. The van der Waals surface area contributed by atoms with Crippen LogP contribution < -0.4 is 16.6 Å². The molecule has 0 saturated carbocycles. The summed E-state index contributed by atoms with van der Waals surface area (Å²) < 4.78 is 2.48. The SMILES string of the molecule is Cc1ccc(Cl)c(NCc2cn(C)c(=O)n(C)c2=O)c1. The number of nitrogens with zero attached hydrogens (tertiary/aromatic N) is 2. The van der Waals surface area contributed by atoms with Gasteiger partial charge in [0.1, 0.15) is 0 Å². The maximum atomic E-state index is 12.0. The van der Waals surface area contributed by atoms with Gasteiger partial charge in [-0.3, -0.25) is 9.36 Å². The summed E-state index contributed by atoms with van der Waals surface area (Å²) in [5.74, 6) is 0. The summed E-state index contributed by atoms with van der Waals surface area (Å²) >= 11 is 6.09. The number of aryl methyl sites for hydroxylation is 2. The van der Waals surface area contributed by atoms with Crippen molar-refractivity contribution >= 4 is 17.3 Å². The average molecular weight is 294 g/mol. The van der Waals surface area contributed by atoms with Crippen molar-refractivity contribution in [2.75, 3.05) is 5.32 Å². The van der Waals surface area contributed by atoms with Gasteiger partial charge >= 0.3 is 5.69 Å². The van der Waals surface area contributed by atoms with Gasteiger partial charge in [-0.25, -0.2) is 4.79 Å². The van der Waals surface area contributed by atoms with Crippen LogP contribution in [0.15, 0.2) is 34.0 Å². The maximum Gasteiger partial charge on any atom is 0.330 e. The van der Waals surface area contributed by atoms with E-state index in [1.807, 2.05) is 19.1 Å². The lowest BCUT2D eigenvalue weighted by Gasteiger charge is -2.11. The van der Waals surface area contributed by atoms with E-state index < -0.39 is 0 Å². The predicted molar refractivity (Wildman–Crippen MR) is 80.4 cm³/mol. The van der Waals surface area contributed by atoms with Crippen LogP contribution in [0, 0.1) is 6.92 Å². The van der Waals surface area contributed by atoms with Gasteiger partial charge in [0.05, 0.1) is 16.3 Å². The monoisotopic (exact) mass is 293 g/mol. The molecular formula is C14H16ClN3O2. The van der Waals surface area contributed by atoms with E-state index in [4.69, 9.17) is 11.6 Å². The normalized spacial score (nSPS) is 10.6. The van der Waals surface area contributed by atoms with Gasteiger partial charge in [0, 0.05) is 26.8 Å². The van der Waals surface area contributed by atoms with Gasteiger partial charge in [-0.2, -0.15) is 0 Å². The van der Waals surface area contributed by atoms with Crippen LogP contribution >= 0.6 is 11.6 Å². The molecular weight excluding hydrogens is 278 g/mol. The third-order valence-corrected chi connectivity index (χ3v) is 3.44. The highest BCUT2D eigenvalue weighted by atomic mass is 35.5. The number of aromatic nitrogens is 2. The quantitative estimate of drug-likeness (QED) is 0.936. The lowest BCUT2D eigenvalue weighted by Crippen LogP contribution is -2.38. The molecule has 0 saturated heterocycles. The van der Waals surface area contributed by atoms with Crippen molar-refractivity contribution in [2.24, 2.45) is 14.1 Å². The van der Waals surface area contributed by atoms with Gasteiger partial charge in [0.25, 0.3) is 5.56 Å². The van der Waals surface area contributed by atoms with Gasteiger partial charge in [0.15, 0.2) is 0 Å². The van der Waals surface area contributed by atoms with Gasteiger partial charge in [0.2, 0.25) is 0 Å². The first-order valence-corrected chi connectivity index (χ1v) is 6.53. The molecule has 0 aliphatic heterocycles. The fourth-order valence-corrected chi connectivity index (χ4v) is 2.15. The number of benzene rings is 1. The fourth-order valence-electron chi connectivity index (χ4n) is 1.97. The second kappa shape index (κ2) is 5.54. The first-order valence-electron chi connectivity index (χ1n) is 6.15. The molecule has 0 unspecified atom stereocenters. The van der Waals surface area contributed by atoms with E-state index in [9.17, 15) is 9.59 Å². The van der Waals surface area contributed by atoms with E-state index in [1.54, 1.807) is 19.3 Å². The number of halogens is 1. The number of hydrogen-bond acceptors (Lipinski definition) is 3. The molecule has 0 bridgehead atoms. The summed E-state index contributed by atoms with van der Waals surface area (Å²) in [4.78, 5) is 23.6. The maximum absolute atomic E-state index is 12.0. The van der Waals surface area contributed by atoms with Gasteiger partial charge in [-0.15, -0.1) is 0 Å². The average Bonchev–Trinajstić information content (AvgIpc) is 2.42. The minimum Gasteiger partial charge on any atom is -0.379 e. The van der Waals surface area contributed by atoms with Crippen molar-refractivity contribution < 1.29 is 0 Å². The minimum atomic E-state index is -0.340. The Labute approximate surface area is 121 Å². The molecule has 0 fully saturated rings. The topological polar surface area (TPSA) is 56.0 Å². The van der Waals surface area contributed by atoms with Gasteiger partial charge in [-0.05, 0) is 24.6 Å². The number of rotatable bonds is 3. The molecule has 0 amide bonds. The summed E-state index contributed by atoms with van der Waals surface area (Å²) in [7, 11) is 3.08. The minimum absolute atomic E-state index is 0.302. The Morgan fingerprint density at radius 2 is 1.95 bits per heavy atom. The third kappa shape index (κ3) is 2.77. The molecule has 1 aromatic heterocycles. The summed E-state index contributed by atoms with van der Waals surface area (Å²) in [6, 6.07) is 5.63. The van der Waals surface area contributed by atoms with Crippen LogP contribution in [0.3, 0.4) is 0 Å². The second-order valence-corrected chi connectivity index (χ2v) is 5.16. The molecule has 0 atom stereocenters. The molecule has 20 heavy (non-hydrogen) atoms. The number of anilines is 1. The molecule has 1 heterocycles. The van der Waals surface area contributed by atoms with E-state index in [-0.39, 0.29) is 11.2 Å². The summed E-state index contributed by atoms with van der Waals surface area (Å²) in [6.45, 7) is 2.27. The zero-order valence-electron chi connectivity index (χ0n) is 11.6. The standard InChI is InChI=1S/C14H16ClN3O2/c1-9-4-5-11(15)12(6-9)16-7-10-8-17(2)14(20)18(3)13(10)19/h4-6,8,16H,7H2,1-3H3. The van der Waals surface area contributed by atoms with Crippen LogP contribution in [-0.2, 0) is 20.6 Å². The highest BCUT2D eigenvalue weighted by molar-refractivity contribution is 6.33. The molecule has 2 aromatic rings. The Morgan fingerprint density at radius 1 is 1.25 bits per heavy atom. The molecule has 2 rings (SSSR count). The molecule has 6 heteroatoms. The second-order valence-electron chi connectivity index (χ2n) is 4.75. The molecule has 0 aliphatic rings. The van der Waals surface area contributed by atoms with Gasteiger partial charge in [-0.1, -0.05) is 17.7 Å². The van der Waals surface area contributed by atoms with Crippen LogP contribution in [0.5, 0.6) is 0 Å². The molecule has 5 nitrogen and oxygen atoms in total. The van der Waals surface area contributed by atoms with Crippen molar-refractivity contribution in [1.29, 1.82) is 0 Å². The Kier molecular flexibility index (Phi) is 3.99. The highest BCUT2D eigenvalue weighted by Crippen LogP contribution is 2.22. The Morgan fingerprint density at radius 3 is 2.65 bits per heavy atom. The summed E-state index contributed by atoms with van der Waals surface area (Å²) in [6.07, 6.45) is 1.54. The van der Waals surface area contributed by atoms with Crippen LogP contribution in [0.1, 0.15) is 11.1 Å². The van der Waals surface area contributed by atoms with E-state index in [1.165, 1.54) is 11.6 Å². The van der Waals surface area contributed by atoms with Crippen molar-refractivity contribution in [3.8, 4) is 0 Å². The lowest BCUT2D eigenvalue weighted by molar-refractivity contribution is 0.671. The number of nitrogens with one attached hydrogen (secondary N) is 1. The number of hydrogen-bond donors (Lipinski definition) is 1. The first-order chi connectivity index (χ1) is 9.40. The van der Waals surface area contributed by atoms with Crippen LogP contribution in [0.4, 0.5) is 5.69 Å². The van der Waals surface area contributed by atoms with Crippen LogP contribution in [0.25, 0.3) is 0 Å². The van der Waals surface area contributed by atoms with E-state index in [2.05, 4.69) is 5.32 Å². The van der Waals surface area contributed by atoms with Crippen LogP contribution in [0.2, 0.25) is 5.02 Å². The van der Waals surface area contributed by atoms with Crippen LogP contribution in [-0.4, -0.2) is 9.13 Å². The summed E-state index contributed by atoms with van der Waals surface area (Å²) in [5.41, 5.74) is 1.71. The predicted octanol–water partition coefficient (Wildman–Crippen LogP) is 1.66. The van der Waals surface area contributed by atoms with Crippen molar-refractivity contribution in [3.05, 3.63) is 61.4 Å². The Balaban J connectivity index is 2.30. The van der Waals surface area contributed by atoms with Gasteiger partial charge < -0.3 is 9.88 Å². The molecule has 0 aliphatic carbocycles. The smallest absolute Gasteiger partial charge is 0.330 e. The zero-order chi connectivity index (χ0) is 14.9. The molecule has 0 spiro atoms. The fraction of sp³-hybridized carbons (Fsp3) is 0.286. The Hall–Kier alpha value is -2.01.